The molecule has 0 saturated heterocycles. The zero-order valence-electron chi connectivity index (χ0n) is 30.1. The number of nitrogens with zero attached hydrogens (tertiary/aromatic N) is 1. The fourth-order valence-electron chi connectivity index (χ4n) is 9.12. The number of para-hydroxylation sites is 1. The van der Waals surface area contributed by atoms with Gasteiger partial charge in [-0.25, -0.2) is 0 Å². The summed E-state index contributed by atoms with van der Waals surface area (Å²) in [5.74, 6) is 1.75. The van der Waals surface area contributed by atoms with Crippen LogP contribution in [0.15, 0.2) is 212 Å². The molecule has 0 N–H and O–H groups in total. The monoisotopic (exact) mass is 701 g/mol. The van der Waals surface area contributed by atoms with Crippen molar-refractivity contribution in [1.82, 2.24) is 0 Å². The van der Waals surface area contributed by atoms with E-state index in [4.69, 9.17) is 4.74 Å². The molecule has 1 spiro atoms. The highest BCUT2D eigenvalue weighted by Gasteiger charge is 2.53. The molecule has 0 radical (unpaired) electrons. The van der Waals surface area contributed by atoms with Crippen molar-refractivity contribution in [1.29, 1.82) is 0 Å². The second kappa shape index (κ2) is 12.5. The molecule has 9 aromatic carbocycles. The number of rotatable bonds is 5. The van der Waals surface area contributed by atoms with E-state index in [2.05, 4.69) is 217 Å². The highest BCUT2D eigenvalue weighted by atomic mass is 16.5. The van der Waals surface area contributed by atoms with Crippen LogP contribution in [-0.2, 0) is 5.41 Å². The van der Waals surface area contributed by atoms with Crippen LogP contribution in [0.2, 0.25) is 0 Å². The minimum Gasteiger partial charge on any atom is -0.457 e. The van der Waals surface area contributed by atoms with E-state index >= 15 is 0 Å². The molecule has 2 nitrogen and oxygen atoms in total. The molecule has 258 valence electrons. The first-order chi connectivity index (χ1) is 27.3. The Morgan fingerprint density at radius 2 is 0.927 bits per heavy atom. The average Bonchev–Trinajstić information content (AvgIpc) is 3.55. The maximum atomic E-state index is 6.92. The molecule has 2 aliphatic rings. The molecule has 0 amide bonds. The fraction of sp³-hybridized carbons (Fsp3) is 0.0189. The van der Waals surface area contributed by atoms with E-state index in [1.165, 1.54) is 44.2 Å². The van der Waals surface area contributed by atoms with Gasteiger partial charge in [0, 0.05) is 28.1 Å². The number of hydrogen-bond acceptors (Lipinski definition) is 2. The van der Waals surface area contributed by atoms with Crippen molar-refractivity contribution < 1.29 is 4.74 Å². The van der Waals surface area contributed by atoms with Crippen LogP contribution >= 0.6 is 0 Å². The van der Waals surface area contributed by atoms with E-state index < -0.39 is 5.41 Å². The van der Waals surface area contributed by atoms with Crippen LogP contribution in [0.25, 0.3) is 44.2 Å². The second-order valence-electron chi connectivity index (χ2n) is 14.5. The summed E-state index contributed by atoms with van der Waals surface area (Å²) >= 11 is 0. The third kappa shape index (κ3) is 4.82. The van der Waals surface area contributed by atoms with Crippen LogP contribution in [0.1, 0.15) is 22.3 Å². The molecule has 1 heterocycles. The van der Waals surface area contributed by atoms with Crippen molar-refractivity contribution in [2.75, 3.05) is 4.90 Å². The lowest BCUT2D eigenvalue weighted by molar-refractivity contribution is 0.436. The molecule has 0 bridgehead atoms. The van der Waals surface area contributed by atoms with Gasteiger partial charge in [-0.2, -0.15) is 0 Å². The normalized spacial score (nSPS) is 14.8. The standard InChI is InChI=1S/C53H35NO/c1-3-14-36(15-4-1)39-26-30-42(31-27-39)54(43-32-28-38-18-7-8-19-40(38)34-43)49-24-13-21-45-44-20-9-10-22-46(44)53(52(45)49)47-23-11-12-25-50(47)55-51-35-41(29-33-48(51)53)37-16-5-2-6-17-37/h1-35H. The summed E-state index contributed by atoms with van der Waals surface area (Å²) in [5, 5.41) is 2.42. The number of benzene rings is 9. The van der Waals surface area contributed by atoms with E-state index in [0.717, 1.165) is 50.8 Å². The average molecular weight is 702 g/mol. The smallest absolute Gasteiger partial charge is 0.132 e. The quantitative estimate of drug-likeness (QED) is 0.177. The van der Waals surface area contributed by atoms with Gasteiger partial charge in [0.1, 0.15) is 11.5 Å². The minimum atomic E-state index is -0.652. The first kappa shape index (κ1) is 31.4. The van der Waals surface area contributed by atoms with E-state index in [-0.39, 0.29) is 0 Å². The predicted octanol–water partition coefficient (Wildman–Crippen LogP) is 14.1. The number of hydrogen-bond donors (Lipinski definition) is 0. The first-order valence-corrected chi connectivity index (χ1v) is 18.9. The summed E-state index contributed by atoms with van der Waals surface area (Å²) in [7, 11) is 0. The maximum absolute atomic E-state index is 6.92. The summed E-state index contributed by atoms with van der Waals surface area (Å²) in [5.41, 5.74) is 14.6. The Morgan fingerprint density at radius 3 is 1.73 bits per heavy atom. The molecule has 0 aromatic heterocycles. The first-order valence-electron chi connectivity index (χ1n) is 18.9. The zero-order chi connectivity index (χ0) is 36.3. The summed E-state index contributed by atoms with van der Waals surface area (Å²) < 4.78 is 6.92. The number of anilines is 3. The van der Waals surface area contributed by atoms with Gasteiger partial charge in [-0.15, -0.1) is 0 Å². The fourth-order valence-corrected chi connectivity index (χ4v) is 9.12. The van der Waals surface area contributed by atoms with Crippen LogP contribution in [0.3, 0.4) is 0 Å². The minimum absolute atomic E-state index is 0.652. The molecule has 1 aliphatic carbocycles. The van der Waals surface area contributed by atoms with Gasteiger partial charge in [0.2, 0.25) is 0 Å². The van der Waals surface area contributed by atoms with Crippen LogP contribution in [0, 0.1) is 0 Å². The van der Waals surface area contributed by atoms with E-state index in [1.807, 2.05) is 0 Å². The van der Waals surface area contributed by atoms with Gasteiger partial charge in [0.25, 0.3) is 0 Å². The number of fused-ring (bicyclic) bond motifs is 10. The van der Waals surface area contributed by atoms with Gasteiger partial charge < -0.3 is 9.64 Å². The topological polar surface area (TPSA) is 12.5 Å². The molecule has 9 aromatic rings. The SMILES string of the molecule is c1ccc(-c2ccc(N(c3ccc4ccccc4c3)c3cccc4c3C3(c5ccccc5Oc5cc(-c6ccccc6)ccc53)c3ccccc3-4)cc2)cc1. The lowest BCUT2D eigenvalue weighted by Crippen LogP contribution is -2.33. The van der Waals surface area contributed by atoms with Crippen LogP contribution in [0.5, 0.6) is 11.5 Å². The largest absolute Gasteiger partial charge is 0.457 e. The Hall–Kier alpha value is -7.16. The lowest BCUT2D eigenvalue weighted by Gasteiger charge is -2.41. The van der Waals surface area contributed by atoms with Gasteiger partial charge in [0.15, 0.2) is 0 Å². The lowest BCUT2D eigenvalue weighted by atomic mass is 9.65. The van der Waals surface area contributed by atoms with Crippen molar-refractivity contribution in [3.63, 3.8) is 0 Å². The third-order valence-electron chi connectivity index (χ3n) is 11.5. The summed E-state index contributed by atoms with van der Waals surface area (Å²) in [6, 6.07) is 76.9. The third-order valence-corrected chi connectivity index (χ3v) is 11.5. The van der Waals surface area contributed by atoms with Crippen molar-refractivity contribution >= 4 is 27.8 Å². The molecule has 0 saturated carbocycles. The van der Waals surface area contributed by atoms with Crippen molar-refractivity contribution in [2.24, 2.45) is 0 Å². The second-order valence-corrected chi connectivity index (χ2v) is 14.5. The Labute approximate surface area is 321 Å². The Morgan fingerprint density at radius 1 is 0.345 bits per heavy atom. The van der Waals surface area contributed by atoms with Gasteiger partial charge in [-0.05, 0) is 92.2 Å². The number of ether oxygens (including phenoxy) is 1. The van der Waals surface area contributed by atoms with Crippen LogP contribution in [0.4, 0.5) is 17.1 Å². The molecular formula is C53H35NO. The molecule has 2 heteroatoms. The summed E-state index contributed by atoms with van der Waals surface area (Å²) in [6.45, 7) is 0. The molecule has 1 aliphatic heterocycles. The van der Waals surface area contributed by atoms with Crippen molar-refractivity contribution in [3.05, 3.63) is 235 Å². The van der Waals surface area contributed by atoms with E-state index in [1.54, 1.807) is 0 Å². The highest BCUT2D eigenvalue weighted by Crippen LogP contribution is 2.65. The van der Waals surface area contributed by atoms with Gasteiger partial charge in [-0.3, -0.25) is 0 Å². The molecule has 55 heavy (non-hydrogen) atoms. The van der Waals surface area contributed by atoms with Gasteiger partial charge >= 0.3 is 0 Å². The predicted molar refractivity (Wildman–Crippen MR) is 227 cm³/mol. The zero-order valence-corrected chi connectivity index (χ0v) is 30.1. The molecular weight excluding hydrogens is 667 g/mol. The Kier molecular flexibility index (Phi) is 7.11. The van der Waals surface area contributed by atoms with Gasteiger partial charge in [-0.1, -0.05) is 170 Å². The highest BCUT2D eigenvalue weighted by molar-refractivity contribution is 5.97. The Bertz CT molecular complexity index is 2900. The molecule has 0 fully saturated rings. The van der Waals surface area contributed by atoms with Gasteiger partial charge in [0.05, 0.1) is 11.1 Å². The molecule has 1 unspecified atom stereocenters. The molecule has 11 rings (SSSR count). The Balaban J connectivity index is 1.21. The maximum Gasteiger partial charge on any atom is 0.132 e. The summed E-state index contributed by atoms with van der Waals surface area (Å²) in [4.78, 5) is 2.46. The van der Waals surface area contributed by atoms with Crippen LogP contribution in [-0.4, -0.2) is 0 Å². The van der Waals surface area contributed by atoms with Crippen molar-refractivity contribution in [3.8, 4) is 44.9 Å². The van der Waals surface area contributed by atoms with Crippen molar-refractivity contribution in [2.45, 2.75) is 5.41 Å². The van der Waals surface area contributed by atoms with E-state index in [0.29, 0.717) is 0 Å². The van der Waals surface area contributed by atoms with E-state index in [9.17, 15) is 0 Å². The van der Waals surface area contributed by atoms with Crippen LogP contribution < -0.4 is 9.64 Å². The molecule has 1 atom stereocenters. The summed E-state index contributed by atoms with van der Waals surface area (Å²) in [6.07, 6.45) is 0.